The van der Waals surface area contributed by atoms with E-state index in [1.807, 2.05) is 42.5 Å². The second kappa shape index (κ2) is 15.3. The van der Waals surface area contributed by atoms with Gasteiger partial charge in [-0.05, 0) is 67.1 Å². The Kier molecular flexibility index (Phi) is 10.7. The Labute approximate surface area is 255 Å². The predicted molar refractivity (Wildman–Crippen MR) is 171 cm³/mol. The van der Waals surface area contributed by atoms with Crippen molar-refractivity contribution in [3.63, 3.8) is 0 Å². The van der Waals surface area contributed by atoms with Crippen LogP contribution in [0.1, 0.15) is 47.4 Å². The summed E-state index contributed by atoms with van der Waals surface area (Å²) >= 11 is 0. The summed E-state index contributed by atoms with van der Waals surface area (Å²) in [6, 6.07) is 41.3. The fourth-order valence-corrected chi connectivity index (χ4v) is 6.13. The molecule has 0 aromatic heterocycles. The maximum Gasteiger partial charge on any atom is 0.424 e. The number of hydrazine groups is 1. The van der Waals surface area contributed by atoms with Crippen LogP contribution in [-0.2, 0) is 21.6 Å². The van der Waals surface area contributed by atoms with E-state index >= 15 is 0 Å². The van der Waals surface area contributed by atoms with Gasteiger partial charge in [0.2, 0.25) is 0 Å². The number of carbonyl (C=O) groups is 2. The largest absolute Gasteiger partial charge is 0.444 e. The summed E-state index contributed by atoms with van der Waals surface area (Å²) in [7, 11) is 0. The van der Waals surface area contributed by atoms with Gasteiger partial charge in [0.05, 0.1) is 6.54 Å². The molecular weight excluding hydrogens is 534 g/mol. The van der Waals surface area contributed by atoms with Gasteiger partial charge in [0.1, 0.15) is 12.9 Å². The average molecular weight is 576 g/mol. The van der Waals surface area contributed by atoms with Crippen LogP contribution in [0.4, 0.5) is 4.79 Å². The van der Waals surface area contributed by atoms with Crippen molar-refractivity contribution in [3.05, 3.63) is 144 Å². The van der Waals surface area contributed by atoms with E-state index in [4.69, 9.17) is 4.74 Å². The maximum absolute atomic E-state index is 13.1. The lowest BCUT2D eigenvalue weighted by atomic mass is 9.71. The number of hydrogen-bond acceptors (Lipinski definition) is 5. The van der Waals surface area contributed by atoms with Crippen LogP contribution in [-0.4, -0.2) is 55.0 Å². The van der Waals surface area contributed by atoms with E-state index in [-0.39, 0.29) is 13.2 Å². The summed E-state index contributed by atoms with van der Waals surface area (Å²) in [5.41, 5.74) is 7.53. The number of hydrogen-bond donors (Lipinski definition) is 1. The van der Waals surface area contributed by atoms with Gasteiger partial charge in [-0.2, -0.15) is 0 Å². The lowest BCUT2D eigenvalue weighted by molar-refractivity contribution is -0.109. The van der Waals surface area contributed by atoms with Crippen molar-refractivity contribution < 1.29 is 14.3 Å². The molecule has 0 radical (unpaired) electrons. The van der Waals surface area contributed by atoms with Gasteiger partial charge in [-0.25, -0.2) is 15.2 Å². The van der Waals surface area contributed by atoms with Crippen molar-refractivity contribution in [3.8, 4) is 0 Å². The number of carbonyl (C=O) groups excluding carboxylic acids is 2. The number of nitrogens with zero attached hydrogens (tertiary/aromatic N) is 2. The Bertz CT molecular complexity index is 1350. The Balaban J connectivity index is 1.34. The van der Waals surface area contributed by atoms with E-state index in [9.17, 15) is 9.59 Å². The summed E-state index contributed by atoms with van der Waals surface area (Å²) < 4.78 is 5.58. The van der Waals surface area contributed by atoms with Crippen LogP contribution >= 0.6 is 0 Å². The van der Waals surface area contributed by atoms with E-state index in [0.717, 1.165) is 61.9 Å². The zero-order chi connectivity index (χ0) is 29.7. The number of ether oxygens (including phenoxy) is 1. The molecule has 1 amide bonds. The molecule has 6 heteroatoms. The molecule has 0 bridgehead atoms. The lowest BCUT2D eigenvalue weighted by Crippen LogP contribution is -2.51. The van der Waals surface area contributed by atoms with E-state index in [1.54, 1.807) is 0 Å². The highest BCUT2D eigenvalue weighted by molar-refractivity contribution is 5.70. The topological polar surface area (TPSA) is 61.9 Å². The molecule has 1 fully saturated rings. The molecule has 1 N–H and O–H groups in total. The number of piperidine rings is 1. The van der Waals surface area contributed by atoms with Crippen LogP contribution in [0, 0.1) is 0 Å². The van der Waals surface area contributed by atoms with Crippen molar-refractivity contribution in [1.82, 2.24) is 15.3 Å². The number of aldehydes is 1. The third-order valence-corrected chi connectivity index (χ3v) is 8.62. The SMILES string of the molecule is O=CCN(NCC(CCN1CCC(c2ccccc2)CC1)(c1ccccc1)c1ccccc1)C(=O)OCc1ccccc1. The molecule has 0 spiro atoms. The molecule has 1 aliphatic rings. The van der Waals surface area contributed by atoms with E-state index in [0.29, 0.717) is 12.5 Å². The van der Waals surface area contributed by atoms with Gasteiger partial charge in [-0.1, -0.05) is 121 Å². The average Bonchev–Trinajstić information content (AvgIpc) is 3.09. The predicted octanol–water partition coefficient (Wildman–Crippen LogP) is 6.58. The smallest absolute Gasteiger partial charge is 0.424 e. The molecule has 6 nitrogen and oxygen atoms in total. The summed E-state index contributed by atoms with van der Waals surface area (Å²) in [6.45, 7) is 3.47. The molecule has 4 aromatic carbocycles. The summed E-state index contributed by atoms with van der Waals surface area (Å²) in [5.74, 6) is 0.603. The van der Waals surface area contributed by atoms with Crippen molar-refractivity contribution >= 4 is 12.4 Å². The molecule has 0 saturated carbocycles. The number of benzene rings is 4. The highest BCUT2D eigenvalue weighted by Gasteiger charge is 2.36. The van der Waals surface area contributed by atoms with Gasteiger partial charge in [0, 0.05) is 12.0 Å². The quantitative estimate of drug-likeness (QED) is 0.144. The molecule has 43 heavy (non-hydrogen) atoms. The molecule has 1 saturated heterocycles. The van der Waals surface area contributed by atoms with Crippen LogP contribution in [0.5, 0.6) is 0 Å². The summed E-state index contributed by atoms with van der Waals surface area (Å²) in [6.07, 6.45) is 3.28. The zero-order valence-electron chi connectivity index (χ0n) is 24.7. The lowest BCUT2D eigenvalue weighted by Gasteiger charge is -2.40. The first-order valence-corrected chi connectivity index (χ1v) is 15.2. The van der Waals surface area contributed by atoms with Gasteiger partial charge in [-0.15, -0.1) is 0 Å². The Hall–Kier alpha value is -4.26. The van der Waals surface area contributed by atoms with Crippen LogP contribution in [0.15, 0.2) is 121 Å². The van der Waals surface area contributed by atoms with Crippen molar-refractivity contribution in [2.75, 3.05) is 32.7 Å². The molecule has 222 valence electrons. The normalized spacial score (nSPS) is 14.2. The van der Waals surface area contributed by atoms with E-state index < -0.39 is 11.5 Å². The molecule has 0 aliphatic carbocycles. The standard InChI is InChI=1S/C37H41N3O3/c41-28-27-40(36(42)43-29-31-13-5-1-6-14-31)38-30-37(34-17-9-3-10-18-34,35-19-11-4-12-20-35)23-26-39-24-21-33(22-25-39)32-15-7-2-8-16-32/h1-20,28,33,38H,21-27,29-30H2. The minimum absolute atomic E-state index is 0.111. The third kappa shape index (κ3) is 7.98. The number of amides is 1. The van der Waals surface area contributed by atoms with Gasteiger partial charge in [0.15, 0.2) is 0 Å². The first-order valence-electron chi connectivity index (χ1n) is 15.2. The number of nitrogens with one attached hydrogen (secondary N) is 1. The first kappa shape index (κ1) is 30.2. The highest BCUT2D eigenvalue weighted by atomic mass is 16.6. The molecule has 0 unspecified atom stereocenters. The molecule has 0 atom stereocenters. The van der Waals surface area contributed by atoms with Crippen molar-refractivity contribution in [1.29, 1.82) is 0 Å². The van der Waals surface area contributed by atoms with Gasteiger partial charge in [-0.3, -0.25) is 0 Å². The molecular formula is C37H41N3O3. The molecule has 1 heterocycles. The second-order valence-corrected chi connectivity index (χ2v) is 11.2. The van der Waals surface area contributed by atoms with E-state index in [1.165, 1.54) is 10.6 Å². The first-order chi connectivity index (χ1) is 21.2. The fraction of sp³-hybridized carbons (Fsp3) is 0.297. The zero-order valence-corrected chi connectivity index (χ0v) is 24.7. The Morgan fingerprint density at radius 2 is 1.35 bits per heavy atom. The van der Waals surface area contributed by atoms with Crippen LogP contribution in [0.3, 0.4) is 0 Å². The molecule has 4 aromatic rings. The number of likely N-dealkylation sites (tertiary alicyclic amines) is 1. The monoisotopic (exact) mass is 575 g/mol. The van der Waals surface area contributed by atoms with Crippen molar-refractivity contribution in [2.45, 2.75) is 37.2 Å². The highest BCUT2D eigenvalue weighted by Crippen LogP contribution is 2.37. The van der Waals surface area contributed by atoms with Crippen LogP contribution in [0.25, 0.3) is 0 Å². The molecule has 1 aliphatic heterocycles. The second-order valence-electron chi connectivity index (χ2n) is 11.2. The minimum Gasteiger partial charge on any atom is -0.444 e. The maximum atomic E-state index is 13.1. The van der Waals surface area contributed by atoms with E-state index in [2.05, 4.69) is 89.2 Å². The van der Waals surface area contributed by atoms with Crippen LogP contribution < -0.4 is 5.43 Å². The minimum atomic E-state index is -0.575. The number of rotatable bonds is 13. The fourth-order valence-electron chi connectivity index (χ4n) is 6.13. The van der Waals surface area contributed by atoms with Gasteiger partial charge >= 0.3 is 6.09 Å². The van der Waals surface area contributed by atoms with Crippen LogP contribution in [0.2, 0.25) is 0 Å². The Morgan fingerprint density at radius 1 is 0.814 bits per heavy atom. The van der Waals surface area contributed by atoms with Gasteiger partial charge in [0.25, 0.3) is 0 Å². The summed E-state index contributed by atoms with van der Waals surface area (Å²) in [5, 5.41) is 1.29. The van der Waals surface area contributed by atoms with Gasteiger partial charge < -0.3 is 14.4 Å². The summed E-state index contributed by atoms with van der Waals surface area (Å²) in [4.78, 5) is 27.3. The Morgan fingerprint density at radius 3 is 1.91 bits per heavy atom. The molecule has 5 rings (SSSR count). The third-order valence-electron chi connectivity index (χ3n) is 8.62. The van der Waals surface area contributed by atoms with Crippen molar-refractivity contribution in [2.24, 2.45) is 0 Å².